The lowest BCUT2D eigenvalue weighted by atomic mass is 10.1. The second kappa shape index (κ2) is 5.53. The molecule has 0 radical (unpaired) electrons. The molecular weight excluding hydrogens is 271 g/mol. The van der Waals surface area contributed by atoms with Crippen LogP contribution in [0.4, 0.5) is 4.39 Å². The third-order valence-corrected chi connectivity index (χ3v) is 3.95. The zero-order chi connectivity index (χ0) is 13.9. The predicted octanol–water partition coefficient (Wildman–Crippen LogP) is 4.07. The molecule has 1 aromatic heterocycles. The summed E-state index contributed by atoms with van der Waals surface area (Å²) in [4.78, 5) is 4.52. The minimum atomic E-state index is -0.250. The van der Waals surface area contributed by atoms with Gasteiger partial charge in [0, 0.05) is 23.1 Å². The standard InChI is InChI=1S/C16H13FN2S/c17-14-7-2-1-6-13(14)15-10-20-16(19-15)12-5-3-4-11(8-12)9-18/h1-8,10H,9,18H2. The Morgan fingerprint density at radius 3 is 2.75 bits per heavy atom. The molecule has 0 spiro atoms. The number of thiazole rings is 1. The first kappa shape index (κ1) is 13.0. The zero-order valence-electron chi connectivity index (χ0n) is 10.7. The number of benzene rings is 2. The molecule has 0 aliphatic carbocycles. The van der Waals surface area contributed by atoms with Crippen molar-refractivity contribution in [1.29, 1.82) is 0 Å². The molecule has 2 nitrogen and oxygen atoms in total. The highest BCUT2D eigenvalue weighted by atomic mass is 32.1. The monoisotopic (exact) mass is 284 g/mol. The van der Waals surface area contributed by atoms with Crippen molar-refractivity contribution in [3.8, 4) is 21.8 Å². The minimum Gasteiger partial charge on any atom is -0.326 e. The van der Waals surface area contributed by atoms with Gasteiger partial charge in [0.25, 0.3) is 0 Å². The van der Waals surface area contributed by atoms with Crippen molar-refractivity contribution < 1.29 is 4.39 Å². The van der Waals surface area contributed by atoms with Crippen LogP contribution in [0, 0.1) is 5.82 Å². The molecule has 0 aliphatic heterocycles. The summed E-state index contributed by atoms with van der Waals surface area (Å²) in [6.45, 7) is 0.499. The summed E-state index contributed by atoms with van der Waals surface area (Å²) in [5.74, 6) is -0.250. The maximum atomic E-state index is 13.8. The van der Waals surface area contributed by atoms with Crippen molar-refractivity contribution in [3.05, 3.63) is 65.3 Å². The summed E-state index contributed by atoms with van der Waals surface area (Å²) in [5, 5.41) is 2.75. The molecule has 0 saturated carbocycles. The molecule has 20 heavy (non-hydrogen) atoms. The Hall–Kier alpha value is -2.04. The number of aromatic nitrogens is 1. The van der Waals surface area contributed by atoms with Gasteiger partial charge in [-0.15, -0.1) is 11.3 Å². The van der Waals surface area contributed by atoms with Gasteiger partial charge < -0.3 is 5.73 Å². The lowest BCUT2D eigenvalue weighted by Crippen LogP contribution is -1.95. The van der Waals surface area contributed by atoms with Crippen LogP contribution in [0.3, 0.4) is 0 Å². The summed E-state index contributed by atoms with van der Waals surface area (Å²) in [6.07, 6.45) is 0. The molecule has 0 bridgehead atoms. The Morgan fingerprint density at radius 1 is 1.10 bits per heavy atom. The molecule has 1 heterocycles. The van der Waals surface area contributed by atoms with Crippen LogP contribution in [0.5, 0.6) is 0 Å². The first-order valence-corrected chi connectivity index (χ1v) is 7.15. The molecule has 3 rings (SSSR count). The molecule has 3 aromatic rings. The van der Waals surface area contributed by atoms with Crippen molar-refractivity contribution in [2.45, 2.75) is 6.54 Å². The molecule has 0 unspecified atom stereocenters. The average Bonchev–Trinajstić information content (AvgIpc) is 2.97. The molecule has 2 N–H and O–H groups in total. The molecule has 0 saturated heterocycles. The molecular formula is C16H13FN2S. The van der Waals surface area contributed by atoms with Gasteiger partial charge in [0.1, 0.15) is 10.8 Å². The van der Waals surface area contributed by atoms with Crippen LogP contribution in [-0.4, -0.2) is 4.98 Å². The molecule has 0 amide bonds. The largest absolute Gasteiger partial charge is 0.326 e. The van der Waals surface area contributed by atoms with E-state index in [1.54, 1.807) is 12.1 Å². The Kier molecular flexibility index (Phi) is 3.58. The summed E-state index contributed by atoms with van der Waals surface area (Å²) in [5.41, 5.74) is 8.92. The summed E-state index contributed by atoms with van der Waals surface area (Å²) < 4.78 is 13.8. The van der Waals surface area contributed by atoms with Gasteiger partial charge in [-0.2, -0.15) is 0 Å². The molecule has 0 aliphatic rings. The first-order chi connectivity index (χ1) is 9.78. The van der Waals surface area contributed by atoms with E-state index in [4.69, 9.17) is 5.73 Å². The Morgan fingerprint density at radius 2 is 1.95 bits per heavy atom. The van der Waals surface area contributed by atoms with E-state index in [0.29, 0.717) is 17.8 Å². The van der Waals surface area contributed by atoms with Crippen molar-refractivity contribution in [1.82, 2.24) is 4.98 Å². The molecule has 4 heteroatoms. The minimum absolute atomic E-state index is 0.250. The lowest BCUT2D eigenvalue weighted by molar-refractivity contribution is 0.631. The van der Waals surface area contributed by atoms with Gasteiger partial charge in [-0.1, -0.05) is 30.3 Å². The van der Waals surface area contributed by atoms with E-state index in [1.807, 2.05) is 35.7 Å². The van der Waals surface area contributed by atoms with Crippen molar-refractivity contribution >= 4 is 11.3 Å². The Bertz CT molecular complexity index is 737. The normalized spacial score (nSPS) is 10.7. The maximum absolute atomic E-state index is 13.8. The van der Waals surface area contributed by atoms with Crippen LogP contribution in [0.15, 0.2) is 53.9 Å². The van der Waals surface area contributed by atoms with Crippen LogP contribution in [0.2, 0.25) is 0 Å². The summed E-state index contributed by atoms with van der Waals surface area (Å²) in [7, 11) is 0. The van der Waals surface area contributed by atoms with Gasteiger partial charge in [-0.25, -0.2) is 9.37 Å². The van der Waals surface area contributed by atoms with E-state index in [9.17, 15) is 4.39 Å². The molecule has 100 valence electrons. The average molecular weight is 284 g/mol. The molecule has 0 atom stereocenters. The van der Waals surface area contributed by atoms with Crippen LogP contribution >= 0.6 is 11.3 Å². The quantitative estimate of drug-likeness (QED) is 0.787. The highest BCUT2D eigenvalue weighted by Gasteiger charge is 2.10. The van der Waals surface area contributed by atoms with Gasteiger partial charge in [0.05, 0.1) is 5.69 Å². The van der Waals surface area contributed by atoms with E-state index in [0.717, 1.165) is 16.1 Å². The van der Waals surface area contributed by atoms with Crippen LogP contribution in [0.25, 0.3) is 21.8 Å². The number of hydrogen-bond donors (Lipinski definition) is 1. The SMILES string of the molecule is NCc1cccc(-c2nc(-c3ccccc3F)cs2)c1. The zero-order valence-corrected chi connectivity index (χ0v) is 11.5. The maximum Gasteiger partial charge on any atom is 0.132 e. The van der Waals surface area contributed by atoms with E-state index in [1.165, 1.54) is 17.4 Å². The molecule has 0 fully saturated rings. The second-order valence-corrected chi connectivity index (χ2v) is 5.28. The van der Waals surface area contributed by atoms with E-state index >= 15 is 0 Å². The van der Waals surface area contributed by atoms with E-state index in [-0.39, 0.29) is 5.82 Å². The summed E-state index contributed by atoms with van der Waals surface area (Å²) >= 11 is 1.51. The Balaban J connectivity index is 2.00. The second-order valence-electron chi connectivity index (χ2n) is 4.42. The number of nitrogens with two attached hydrogens (primary N) is 1. The highest BCUT2D eigenvalue weighted by Crippen LogP contribution is 2.30. The van der Waals surface area contributed by atoms with Gasteiger partial charge in [-0.3, -0.25) is 0 Å². The Labute approximate surface area is 120 Å². The number of nitrogens with zero attached hydrogens (tertiary/aromatic N) is 1. The van der Waals surface area contributed by atoms with Crippen molar-refractivity contribution in [2.75, 3.05) is 0 Å². The van der Waals surface area contributed by atoms with Crippen molar-refractivity contribution in [2.24, 2.45) is 5.73 Å². The smallest absolute Gasteiger partial charge is 0.132 e. The predicted molar refractivity (Wildman–Crippen MR) is 80.8 cm³/mol. The van der Waals surface area contributed by atoms with Crippen LogP contribution < -0.4 is 5.73 Å². The van der Waals surface area contributed by atoms with Crippen LogP contribution in [0.1, 0.15) is 5.56 Å². The topological polar surface area (TPSA) is 38.9 Å². The van der Waals surface area contributed by atoms with Crippen molar-refractivity contribution in [3.63, 3.8) is 0 Å². The molecule has 2 aromatic carbocycles. The van der Waals surface area contributed by atoms with Crippen LogP contribution in [-0.2, 0) is 6.54 Å². The highest BCUT2D eigenvalue weighted by molar-refractivity contribution is 7.13. The van der Waals surface area contributed by atoms with Gasteiger partial charge in [0.2, 0.25) is 0 Å². The van der Waals surface area contributed by atoms with E-state index < -0.39 is 0 Å². The van der Waals surface area contributed by atoms with E-state index in [2.05, 4.69) is 4.98 Å². The third-order valence-electron chi connectivity index (χ3n) is 3.06. The first-order valence-electron chi connectivity index (χ1n) is 6.28. The fraction of sp³-hybridized carbons (Fsp3) is 0.0625. The number of hydrogen-bond acceptors (Lipinski definition) is 3. The number of rotatable bonds is 3. The lowest BCUT2D eigenvalue weighted by Gasteiger charge is -2.00. The third kappa shape index (κ3) is 2.48. The fourth-order valence-electron chi connectivity index (χ4n) is 2.03. The number of halogens is 1. The van der Waals surface area contributed by atoms with Gasteiger partial charge in [-0.05, 0) is 23.8 Å². The van der Waals surface area contributed by atoms with Gasteiger partial charge >= 0.3 is 0 Å². The van der Waals surface area contributed by atoms with Gasteiger partial charge in [0.15, 0.2) is 0 Å². The fourth-order valence-corrected chi connectivity index (χ4v) is 2.85. The summed E-state index contributed by atoms with van der Waals surface area (Å²) in [6, 6.07) is 14.6.